The first-order chi connectivity index (χ1) is 12.8. The van der Waals surface area contributed by atoms with E-state index in [4.69, 9.17) is 20.8 Å². The Morgan fingerprint density at radius 3 is 2.56 bits per heavy atom. The second kappa shape index (κ2) is 7.71. The van der Waals surface area contributed by atoms with Crippen LogP contribution in [0.2, 0.25) is 5.02 Å². The van der Waals surface area contributed by atoms with Crippen molar-refractivity contribution in [2.75, 3.05) is 0 Å². The van der Waals surface area contributed by atoms with Gasteiger partial charge in [-0.3, -0.25) is 0 Å². The normalized spacial score (nSPS) is 10.8. The summed E-state index contributed by atoms with van der Waals surface area (Å²) in [4.78, 5) is 14.6. The van der Waals surface area contributed by atoms with Gasteiger partial charge in [0.15, 0.2) is 0 Å². The number of halogens is 4. The molecule has 27 heavy (non-hydrogen) atoms. The summed E-state index contributed by atoms with van der Waals surface area (Å²) < 4.78 is 51.2. The first-order valence-electron chi connectivity index (χ1n) is 7.54. The number of ether oxygens (including phenoxy) is 1. The van der Waals surface area contributed by atoms with Crippen LogP contribution in [0.15, 0.2) is 41.0 Å². The number of aliphatic carboxylic acids is 1. The highest BCUT2D eigenvalue weighted by molar-refractivity contribution is 6.30. The van der Waals surface area contributed by atoms with Crippen molar-refractivity contribution < 1.29 is 32.2 Å². The molecule has 9 heteroatoms. The Bertz CT molecular complexity index is 983. The quantitative estimate of drug-likeness (QED) is 0.639. The minimum Gasteiger partial charge on any atom is -0.550 e. The molecule has 0 atom stereocenters. The van der Waals surface area contributed by atoms with Gasteiger partial charge in [0.1, 0.15) is 36.1 Å². The number of carbonyl (C=O) groups excluding carboxylic acids is 1. The maximum Gasteiger partial charge on any atom is 0.229 e. The molecule has 0 fully saturated rings. The molecule has 0 bridgehead atoms. The van der Waals surface area contributed by atoms with Gasteiger partial charge in [-0.2, -0.15) is 0 Å². The zero-order chi connectivity index (χ0) is 19.6. The molecule has 5 nitrogen and oxygen atoms in total. The third kappa shape index (κ3) is 4.40. The summed E-state index contributed by atoms with van der Waals surface area (Å²) in [5, 5.41) is 10.9. The van der Waals surface area contributed by atoms with E-state index in [-0.39, 0.29) is 22.9 Å². The van der Waals surface area contributed by atoms with Crippen molar-refractivity contribution in [2.24, 2.45) is 0 Å². The zero-order valence-electron chi connectivity index (χ0n) is 13.5. The summed E-state index contributed by atoms with van der Waals surface area (Å²) in [6.45, 7) is -0.529. The Balaban J connectivity index is 1.89. The van der Waals surface area contributed by atoms with Gasteiger partial charge >= 0.3 is 0 Å². The van der Waals surface area contributed by atoms with Crippen LogP contribution in [0.25, 0.3) is 11.5 Å². The second-order valence-electron chi connectivity index (χ2n) is 5.47. The fourth-order valence-corrected chi connectivity index (χ4v) is 2.49. The smallest absolute Gasteiger partial charge is 0.229 e. The summed E-state index contributed by atoms with van der Waals surface area (Å²) in [6, 6.07) is 5.43. The molecule has 140 valence electrons. The van der Waals surface area contributed by atoms with Gasteiger partial charge in [0, 0.05) is 29.5 Å². The molecule has 1 aromatic heterocycles. The average molecular weight is 397 g/mol. The van der Waals surface area contributed by atoms with Gasteiger partial charge in [0.2, 0.25) is 5.89 Å². The third-order valence-corrected chi connectivity index (χ3v) is 3.76. The van der Waals surface area contributed by atoms with E-state index in [1.54, 1.807) is 0 Å². The number of carboxylic acids is 1. The van der Waals surface area contributed by atoms with Crippen LogP contribution in [-0.2, 0) is 17.8 Å². The van der Waals surface area contributed by atoms with E-state index in [0.717, 1.165) is 6.26 Å². The number of benzene rings is 2. The van der Waals surface area contributed by atoms with Crippen LogP contribution < -0.4 is 9.84 Å². The van der Waals surface area contributed by atoms with Crippen molar-refractivity contribution in [3.63, 3.8) is 0 Å². The Hall–Kier alpha value is -3.00. The Labute approximate surface area is 156 Å². The van der Waals surface area contributed by atoms with E-state index in [9.17, 15) is 23.1 Å². The van der Waals surface area contributed by atoms with Crippen LogP contribution in [0, 0.1) is 17.5 Å². The highest BCUT2D eigenvalue weighted by Gasteiger charge is 2.17. The fourth-order valence-electron chi connectivity index (χ4n) is 2.31. The summed E-state index contributed by atoms with van der Waals surface area (Å²) in [5.41, 5.74) is -0.0936. The molecule has 0 aliphatic carbocycles. The number of carbonyl (C=O) groups is 1. The minimum absolute atomic E-state index is 0.00352. The predicted molar refractivity (Wildman–Crippen MR) is 86.3 cm³/mol. The third-order valence-electron chi connectivity index (χ3n) is 3.53. The van der Waals surface area contributed by atoms with Crippen LogP contribution in [0.1, 0.15) is 11.3 Å². The van der Waals surface area contributed by atoms with Crippen molar-refractivity contribution in [1.29, 1.82) is 0 Å². The number of hydrogen-bond donors (Lipinski definition) is 0. The largest absolute Gasteiger partial charge is 0.550 e. The summed E-state index contributed by atoms with van der Waals surface area (Å²) in [6.07, 6.45) is 0.682. The maximum absolute atomic E-state index is 13.8. The van der Waals surface area contributed by atoms with E-state index >= 15 is 0 Å². The highest BCUT2D eigenvalue weighted by Crippen LogP contribution is 2.33. The van der Waals surface area contributed by atoms with Crippen LogP contribution in [0.5, 0.6) is 5.75 Å². The number of carboxylic acid groups (broad SMARTS) is 1. The highest BCUT2D eigenvalue weighted by atomic mass is 35.5. The lowest BCUT2D eigenvalue weighted by atomic mass is 10.2. The van der Waals surface area contributed by atoms with Gasteiger partial charge in [-0.1, -0.05) is 11.6 Å². The lowest BCUT2D eigenvalue weighted by molar-refractivity contribution is -0.304. The molecule has 0 amide bonds. The van der Waals surface area contributed by atoms with E-state index in [1.165, 1.54) is 18.2 Å². The van der Waals surface area contributed by atoms with Crippen LogP contribution in [-0.4, -0.2) is 11.0 Å². The van der Waals surface area contributed by atoms with Crippen molar-refractivity contribution in [2.45, 2.75) is 13.0 Å². The SMILES string of the molecule is O=C([O-])Cc1coc(-c2cc(Cl)ccc2OCc2c(F)cc(F)cc2F)n1. The molecule has 0 unspecified atom stereocenters. The number of oxazole rings is 1. The minimum atomic E-state index is -1.33. The lowest BCUT2D eigenvalue weighted by Gasteiger charge is -2.11. The Morgan fingerprint density at radius 1 is 1.19 bits per heavy atom. The Morgan fingerprint density at radius 2 is 1.89 bits per heavy atom. The van der Waals surface area contributed by atoms with Crippen LogP contribution >= 0.6 is 11.6 Å². The van der Waals surface area contributed by atoms with E-state index in [0.29, 0.717) is 17.2 Å². The molecular formula is C18H10ClF3NO4-. The van der Waals surface area contributed by atoms with Crippen molar-refractivity contribution in [3.05, 3.63) is 70.3 Å². The van der Waals surface area contributed by atoms with Gasteiger partial charge in [-0.15, -0.1) is 0 Å². The maximum atomic E-state index is 13.8. The van der Waals surface area contributed by atoms with E-state index < -0.39 is 42.0 Å². The van der Waals surface area contributed by atoms with Crippen LogP contribution in [0.3, 0.4) is 0 Å². The first kappa shape index (κ1) is 18.8. The summed E-state index contributed by atoms with van der Waals surface area (Å²) >= 11 is 5.95. The molecule has 1 heterocycles. The van der Waals surface area contributed by atoms with Gasteiger partial charge < -0.3 is 19.1 Å². The lowest BCUT2D eigenvalue weighted by Crippen LogP contribution is -2.24. The number of rotatable bonds is 6. The topological polar surface area (TPSA) is 75.4 Å². The standard InChI is InChI=1S/C18H11ClF3NO4/c19-9-1-2-16(26-8-13-14(21)4-10(20)5-15(13)22)12(3-9)18-23-11(7-27-18)6-17(24)25/h1-5,7H,6,8H2,(H,24,25)/p-1. The van der Waals surface area contributed by atoms with Gasteiger partial charge in [-0.05, 0) is 18.2 Å². The molecule has 0 radical (unpaired) electrons. The number of hydrogen-bond acceptors (Lipinski definition) is 5. The van der Waals surface area contributed by atoms with E-state index in [2.05, 4.69) is 4.98 Å². The Kier molecular flexibility index (Phi) is 5.36. The molecule has 0 saturated carbocycles. The first-order valence-corrected chi connectivity index (χ1v) is 7.91. The molecular weight excluding hydrogens is 387 g/mol. The van der Waals surface area contributed by atoms with E-state index in [1.807, 2.05) is 0 Å². The molecule has 0 aliphatic rings. The van der Waals surface area contributed by atoms with Crippen molar-refractivity contribution in [3.8, 4) is 17.2 Å². The molecule has 0 saturated heterocycles. The van der Waals surface area contributed by atoms with Crippen LogP contribution in [0.4, 0.5) is 13.2 Å². The second-order valence-corrected chi connectivity index (χ2v) is 5.91. The summed E-state index contributed by atoms with van der Waals surface area (Å²) in [7, 11) is 0. The molecule has 3 rings (SSSR count). The zero-order valence-corrected chi connectivity index (χ0v) is 14.2. The van der Waals surface area contributed by atoms with Gasteiger partial charge in [0.25, 0.3) is 0 Å². The van der Waals surface area contributed by atoms with Crippen molar-refractivity contribution >= 4 is 17.6 Å². The number of nitrogens with zero attached hydrogens (tertiary/aromatic N) is 1. The number of aromatic nitrogens is 1. The monoisotopic (exact) mass is 396 g/mol. The molecule has 2 aromatic carbocycles. The van der Waals surface area contributed by atoms with Gasteiger partial charge in [0.05, 0.1) is 16.8 Å². The van der Waals surface area contributed by atoms with Gasteiger partial charge in [-0.25, -0.2) is 18.2 Å². The predicted octanol–water partition coefficient (Wildman–Crippen LogP) is 3.28. The molecule has 0 N–H and O–H groups in total. The molecule has 0 spiro atoms. The molecule has 0 aliphatic heterocycles. The van der Waals surface area contributed by atoms with Crippen molar-refractivity contribution in [1.82, 2.24) is 4.98 Å². The fraction of sp³-hybridized carbons (Fsp3) is 0.111. The summed E-state index contributed by atoms with van der Waals surface area (Å²) in [5.74, 6) is -4.42. The molecule has 3 aromatic rings. The average Bonchev–Trinajstić information content (AvgIpc) is 3.02.